The normalized spacial score (nSPS) is 11.4. The van der Waals surface area contributed by atoms with Crippen LogP contribution >= 0.6 is 12.4 Å². The lowest BCUT2D eigenvalue weighted by atomic mass is 10.3. The van der Waals surface area contributed by atoms with Crippen molar-refractivity contribution in [3.05, 3.63) is 0 Å². The van der Waals surface area contributed by atoms with Crippen molar-refractivity contribution in [2.75, 3.05) is 33.7 Å². The van der Waals surface area contributed by atoms with Crippen LogP contribution in [0.4, 0.5) is 0 Å². The maximum atomic E-state index is 11.8. The topological polar surface area (TPSA) is 90.0 Å². The van der Waals surface area contributed by atoms with Crippen molar-refractivity contribution in [2.45, 2.75) is 26.3 Å². The molecule has 0 rings (SSSR count). The van der Waals surface area contributed by atoms with Gasteiger partial charge in [-0.1, -0.05) is 6.92 Å². The molecule has 1 atom stereocenters. The van der Waals surface area contributed by atoms with Gasteiger partial charge in [0.15, 0.2) is 0 Å². The molecule has 0 aliphatic rings. The lowest BCUT2D eigenvalue weighted by Crippen LogP contribution is -2.45. The van der Waals surface area contributed by atoms with Crippen LogP contribution in [0.1, 0.15) is 20.3 Å². The van der Waals surface area contributed by atoms with Gasteiger partial charge in [-0.05, 0) is 20.4 Å². The van der Waals surface area contributed by atoms with Crippen molar-refractivity contribution in [1.29, 1.82) is 0 Å². The number of carbonyl (C=O) groups is 3. The second-order valence-electron chi connectivity index (χ2n) is 4.53. The first-order chi connectivity index (χ1) is 8.79. The molecule has 1 unspecified atom stereocenters. The summed E-state index contributed by atoms with van der Waals surface area (Å²) in [5, 5.41) is 11.5. The van der Waals surface area contributed by atoms with Crippen LogP contribution in [0.25, 0.3) is 0 Å². The highest BCUT2D eigenvalue weighted by Gasteiger charge is 2.21. The molecule has 0 aliphatic carbocycles. The summed E-state index contributed by atoms with van der Waals surface area (Å²) < 4.78 is 0. The first kappa shape index (κ1) is 21.0. The van der Waals surface area contributed by atoms with Crippen molar-refractivity contribution in [2.24, 2.45) is 0 Å². The number of likely N-dealkylation sites (N-methyl/N-ethyl adjacent to an activating group) is 2. The molecule has 2 N–H and O–H groups in total. The Balaban J connectivity index is 0. The second kappa shape index (κ2) is 10.4. The van der Waals surface area contributed by atoms with Gasteiger partial charge in [0.2, 0.25) is 11.8 Å². The molecule has 0 aromatic carbocycles. The monoisotopic (exact) mass is 309 g/mol. The van der Waals surface area contributed by atoms with E-state index < -0.39 is 12.0 Å². The third kappa shape index (κ3) is 7.96. The smallest absolute Gasteiger partial charge is 0.320 e. The zero-order valence-electron chi connectivity index (χ0n) is 12.4. The second-order valence-corrected chi connectivity index (χ2v) is 4.53. The van der Waals surface area contributed by atoms with Gasteiger partial charge in [-0.15, -0.1) is 12.4 Å². The number of rotatable bonds is 8. The van der Waals surface area contributed by atoms with Crippen molar-refractivity contribution in [3.8, 4) is 0 Å². The van der Waals surface area contributed by atoms with E-state index in [1.54, 1.807) is 7.05 Å². The van der Waals surface area contributed by atoms with E-state index >= 15 is 0 Å². The Hall–Kier alpha value is -1.34. The highest BCUT2D eigenvalue weighted by Crippen LogP contribution is 1.97. The number of carboxylic acids is 1. The molecule has 20 heavy (non-hydrogen) atoms. The Kier molecular flexibility index (Phi) is 11.0. The molecular formula is C12H24ClN3O4. The number of hydrogen-bond acceptors (Lipinski definition) is 4. The van der Waals surface area contributed by atoms with E-state index in [1.807, 2.05) is 6.92 Å². The minimum absolute atomic E-state index is 0. The number of carbonyl (C=O) groups excluding carboxylic acids is 2. The van der Waals surface area contributed by atoms with Crippen molar-refractivity contribution in [3.63, 3.8) is 0 Å². The van der Waals surface area contributed by atoms with E-state index in [0.717, 1.165) is 6.42 Å². The Morgan fingerprint density at radius 2 is 1.75 bits per heavy atom. The summed E-state index contributed by atoms with van der Waals surface area (Å²) in [7, 11) is 3.08. The molecule has 118 valence electrons. The van der Waals surface area contributed by atoms with Crippen molar-refractivity contribution < 1.29 is 19.5 Å². The molecule has 0 radical (unpaired) electrons. The minimum atomic E-state index is -0.987. The van der Waals surface area contributed by atoms with Crippen LogP contribution in [0.5, 0.6) is 0 Å². The van der Waals surface area contributed by atoms with E-state index in [-0.39, 0.29) is 37.3 Å². The number of nitrogens with zero attached hydrogens (tertiary/aromatic N) is 2. The van der Waals surface area contributed by atoms with Gasteiger partial charge in [-0.25, -0.2) is 0 Å². The predicted molar refractivity (Wildman–Crippen MR) is 77.9 cm³/mol. The lowest BCUT2D eigenvalue weighted by molar-refractivity contribution is -0.144. The first-order valence-corrected chi connectivity index (χ1v) is 6.23. The zero-order chi connectivity index (χ0) is 15.0. The van der Waals surface area contributed by atoms with Gasteiger partial charge in [0.25, 0.3) is 0 Å². The molecule has 0 bridgehead atoms. The summed E-state index contributed by atoms with van der Waals surface area (Å²) in [6, 6.07) is -0.744. The number of carboxylic acid groups (broad SMARTS) is 1. The summed E-state index contributed by atoms with van der Waals surface area (Å²) >= 11 is 0. The molecule has 0 aliphatic heterocycles. The lowest BCUT2D eigenvalue weighted by Gasteiger charge is -2.24. The van der Waals surface area contributed by atoms with E-state index in [9.17, 15) is 14.4 Å². The minimum Gasteiger partial charge on any atom is -0.480 e. The molecule has 7 nitrogen and oxygen atoms in total. The Bertz CT molecular complexity index is 339. The van der Waals surface area contributed by atoms with Crippen LogP contribution in [-0.4, -0.2) is 72.5 Å². The van der Waals surface area contributed by atoms with Crippen LogP contribution in [0.3, 0.4) is 0 Å². The summed E-state index contributed by atoms with van der Waals surface area (Å²) in [5.41, 5.74) is 0. The summed E-state index contributed by atoms with van der Waals surface area (Å²) in [5.74, 6) is -1.49. The average molecular weight is 310 g/mol. The summed E-state index contributed by atoms with van der Waals surface area (Å²) in [4.78, 5) is 36.7. The molecule has 0 heterocycles. The molecule has 0 aromatic rings. The molecule has 0 saturated carbocycles. The van der Waals surface area contributed by atoms with E-state index in [2.05, 4.69) is 5.32 Å². The zero-order valence-corrected chi connectivity index (χ0v) is 13.2. The van der Waals surface area contributed by atoms with Gasteiger partial charge in [0, 0.05) is 13.6 Å². The van der Waals surface area contributed by atoms with Crippen molar-refractivity contribution >= 4 is 30.2 Å². The Morgan fingerprint density at radius 3 is 2.20 bits per heavy atom. The SMILES string of the molecule is CCCNC(=O)CN(C)C(=O)CN(C)C(C)C(=O)O.Cl. The maximum absolute atomic E-state index is 11.8. The van der Waals surface area contributed by atoms with Crippen molar-refractivity contribution in [1.82, 2.24) is 15.1 Å². The number of aliphatic carboxylic acids is 1. The third-order valence-corrected chi connectivity index (χ3v) is 2.78. The third-order valence-electron chi connectivity index (χ3n) is 2.78. The van der Waals surface area contributed by atoms with E-state index in [4.69, 9.17) is 5.11 Å². The molecule has 0 fully saturated rings. The van der Waals surface area contributed by atoms with Gasteiger partial charge in [-0.3, -0.25) is 19.3 Å². The molecule has 8 heteroatoms. The largest absolute Gasteiger partial charge is 0.480 e. The van der Waals surface area contributed by atoms with Gasteiger partial charge >= 0.3 is 5.97 Å². The molecule has 0 aromatic heterocycles. The van der Waals surface area contributed by atoms with Crippen LogP contribution in [0, 0.1) is 0 Å². The first-order valence-electron chi connectivity index (χ1n) is 6.23. The van der Waals surface area contributed by atoms with Gasteiger partial charge in [-0.2, -0.15) is 0 Å². The van der Waals surface area contributed by atoms with Crippen LogP contribution in [0.15, 0.2) is 0 Å². The van der Waals surface area contributed by atoms with Gasteiger partial charge < -0.3 is 15.3 Å². The molecular weight excluding hydrogens is 286 g/mol. The van der Waals surface area contributed by atoms with Gasteiger partial charge in [0.1, 0.15) is 6.04 Å². The molecule has 0 spiro atoms. The van der Waals surface area contributed by atoms with Crippen LogP contribution in [0.2, 0.25) is 0 Å². The van der Waals surface area contributed by atoms with Gasteiger partial charge in [0.05, 0.1) is 13.1 Å². The standard InChI is InChI=1S/C12H23N3O4.ClH/c1-5-6-13-10(16)7-15(4)11(17)8-14(3)9(2)12(18)19;/h9H,5-8H2,1-4H3,(H,13,16)(H,18,19);1H. The fourth-order valence-electron chi connectivity index (χ4n) is 1.28. The van der Waals surface area contributed by atoms with Crippen LogP contribution < -0.4 is 5.32 Å². The van der Waals surface area contributed by atoms with E-state index in [0.29, 0.717) is 6.54 Å². The Labute approximate surface area is 125 Å². The quantitative estimate of drug-likeness (QED) is 0.648. The summed E-state index contributed by atoms with van der Waals surface area (Å²) in [6.45, 7) is 3.97. The number of hydrogen-bond donors (Lipinski definition) is 2. The molecule has 0 saturated heterocycles. The highest BCUT2D eigenvalue weighted by molar-refractivity contribution is 5.86. The van der Waals surface area contributed by atoms with Crippen LogP contribution in [-0.2, 0) is 14.4 Å². The highest BCUT2D eigenvalue weighted by atomic mass is 35.5. The fourth-order valence-corrected chi connectivity index (χ4v) is 1.28. The number of nitrogens with one attached hydrogen (secondary N) is 1. The Morgan fingerprint density at radius 1 is 1.20 bits per heavy atom. The predicted octanol–water partition coefficient (Wildman–Crippen LogP) is -0.202. The summed E-state index contributed by atoms with van der Waals surface area (Å²) in [6.07, 6.45) is 0.836. The maximum Gasteiger partial charge on any atom is 0.320 e. The number of halogens is 1. The average Bonchev–Trinajstić information content (AvgIpc) is 2.34. The number of amides is 2. The molecule has 2 amide bonds. The fraction of sp³-hybridized carbons (Fsp3) is 0.750. The van der Waals surface area contributed by atoms with E-state index in [1.165, 1.54) is 23.8 Å².